The molecular formula is C15H18BrNO6. The van der Waals surface area contributed by atoms with Crippen molar-refractivity contribution >= 4 is 34.0 Å². The molecule has 1 aromatic rings. The highest BCUT2D eigenvalue weighted by molar-refractivity contribution is 9.09. The molecule has 0 aromatic heterocycles. The molecule has 0 saturated carbocycles. The van der Waals surface area contributed by atoms with Gasteiger partial charge < -0.3 is 19.9 Å². The summed E-state index contributed by atoms with van der Waals surface area (Å²) in [6.45, 7) is 0.245. The van der Waals surface area contributed by atoms with E-state index >= 15 is 0 Å². The van der Waals surface area contributed by atoms with Gasteiger partial charge in [-0.15, -0.1) is 0 Å². The third kappa shape index (κ3) is 8.20. The number of esters is 1. The summed E-state index contributed by atoms with van der Waals surface area (Å²) in [5, 5.41) is 11.8. The molecule has 0 aliphatic carbocycles. The van der Waals surface area contributed by atoms with Crippen LogP contribution in [-0.2, 0) is 25.7 Å². The molecule has 1 amide bonds. The smallest absolute Gasteiger partial charge is 0.408 e. The highest BCUT2D eigenvalue weighted by Crippen LogP contribution is 2.03. The predicted molar refractivity (Wildman–Crippen MR) is 85.2 cm³/mol. The van der Waals surface area contributed by atoms with Crippen LogP contribution >= 0.6 is 15.9 Å². The number of carboxylic acids is 1. The minimum absolute atomic E-state index is 0.0340. The van der Waals surface area contributed by atoms with E-state index in [0.29, 0.717) is 5.33 Å². The number of rotatable bonds is 9. The van der Waals surface area contributed by atoms with Gasteiger partial charge in [0.15, 0.2) is 0 Å². The minimum atomic E-state index is -1.24. The number of carbonyl (C=O) groups is 3. The number of amides is 1. The predicted octanol–water partition coefficient (Wildman–Crippen LogP) is 2.08. The molecule has 0 heterocycles. The van der Waals surface area contributed by atoms with Crippen molar-refractivity contribution in [1.29, 1.82) is 0 Å². The third-order valence-electron chi connectivity index (χ3n) is 2.78. The number of benzene rings is 1. The minimum Gasteiger partial charge on any atom is -0.480 e. The van der Waals surface area contributed by atoms with Crippen LogP contribution in [0.5, 0.6) is 0 Å². The number of carboxylic acid groups (broad SMARTS) is 1. The standard InChI is InChI=1S/C15H18BrNO6/c16-8-9-22-13(18)7-6-12(14(19)20)17-15(21)23-10-11-4-2-1-3-5-11/h1-5,12H,6-10H2,(H,17,21)(H,19,20)/t12-/m0/s1. The summed E-state index contributed by atoms with van der Waals surface area (Å²) in [7, 11) is 0. The Hall–Kier alpha value is -2.09. The molecule has 126 valence electrons. The molecule has 0 unspecified atom stereocenters. The Balaban J connectivity index is 2.38. The Morgan fingerprint density at radius 1 is 1.17 bits per heavy atom. The van der Waals surface area contributed by atoms with Gasteiger partial charge >= 0.3 is 18.0 Å². The lowest BCUT2D eigenvalue weighted by Crippen LogP contribution is -2.41. The number of halogens is 1. The number of alkyl carbamates (subject to hydrolysis) is 1. The number of nitrogens with one attached hydrogen (secondary N) is 1. The molecule has 2 N–H and O–H groups in total. The van der Waals surface area contributed by atoms with E-state index in [4.69, 9.17) is 14.6 Å². The number of alkyl halides is 1. The van der Waals surface area contributed by atoms with Crippen LogP contribution in [-0.4, -0.2) is 41.1 Å². The van der Waals surface area contributed by atoms with Gasteiger partial charge in [0, 0.05) is 11.8 Å². The van der Waals surface area contributed by atoms with Gasteiger partial charge in [-0.25, -0.2) is 9.59 Å². The quantitative estimate of drug-likeness (QED) is 0.496. The molecule has 0 aliphatic heterocycles. The zero-order valence-electron chi connectivity index (χ0n) is 12.4. The average molecular weight is 388 g/mol. The molecule has 0 bridgehead atoms. The number of ether oxygens (including phenoxy) is 2. The van der Waals surface area contributed by atoms with E-state index < -0.39 is 24.1 Å². The van der Waals surface area contributed by atoms with Crippen molar-refractivity contribution in [3.05, 3.63) is 35.9 Å². The molecule has 1 atom stereocenters. The molecule has 7 nitrogen and oxygen atoms in total. The lowest BCUT2D eigenvalue weighted by molar-refractivity contribution is -0.144. The normalized spacial score (nSPS) is 11.3. The average Bonchev–Trinajstić information content (AvgIpc) is 2.55. The van der Waals surface area contributed by atoms with Crippen molar-refractivity contribution in [3.8, 4) is 0 Å². The van der Waals surface area contributed by atoms with Crippen LogP contribution in [0.3, 0.4) is 0 Å². The van der Waals surface area contributed by atoms with Crippen LogP contribution in [0.2, 0.25) is 0 Å². The second kappa shape index (κ2) is 10.6. The van der Waals surface area contributed by atoms with E-state index in [2.05, 4.69) is 21.2 Å². The van der Waals surface area contributed by atoms with Gasteiger partial charge in [-0.3, -0.25) is 4.79 Å². The van der Waals surface area contributed by atoms with Crippen LogP contribution in [0, 0.1) is 0 Å². The number of aliphatic carboxylic acids is 1. The Morgan fingerprint density at radius 2 is 1.87 bits per heavy atom. The van der Waals surface area contributed by atoms with Gasteiger partial charge in [0.25, 0.3) is 0 Å². The second-order valence-corrected chi connectivity index (χ2v) is 5.34. The van der Waals surface area contributed by atoms with Crippen LogP contribution < -0.4 is 5.32 Å². The van der Waals surface area contributed by atoms with E-state index in [9.17, 15) is 14.4 Å². The van der Waals surface area contributed by atoms with E-state index in [1.54, 1.807) is 24.3 Å². The maximum absolute atomic E-state index is 11.6. The lowest BCUT2D eigenvalue weighted by Gasteiger charge is -2.14. The Bertz CT molecular complexity index is 522. The van der Waals surface area contributed by atoms with E-state index in [1.165, 1.54) is 0 Å². The maximum atomic E-state index is 11.6. The molecule has 23 heavy (non-hydrogen) atoms. The molecule has 1 aromatic carbocycles. The first kappa shape index (κ1) is 19.0. The first-order chi connectivity index (χ1) is 11.0. The zero-order valence-corrected chi connectivity index (χ0v) is 14.0. The fraction of sp³-hybridized carbons (Fsp3) is 0.400. The van der Waals surface area contributed by atoms with Crippen LogP contribution in [0.25, 0.3) is 0 Å². The van der Waals surface area contributed by atoms with Crippen LogP contribution in [0.1, 0.15) is 18.4 Å². The topological polar surface area (TPSA) is 102 Å². The Labute approximate surface area is 142 Å². The first-order valence-electron chi connectivity index (χ1n) is 6.94. The molecule has 8 heteroatoms. The maximum Gasteiger partial charge on any atom is 0.408 e. The van der Waals surface area contributed by atoms with Crippen LogP contribution in [0.15, 0.2) is 30.3 Å². The largest absolute Gasteiger partial charge is 0.480 e. The van der Waals surface area contributed by atoms with Gasteiger partial charge in [-0.2, -0.15) is 0 Å². The van der Waals surface area contributed by atoms with E-state index in [1.807, 2.05) is 6.07 Å². The fourth-order valence-corrected chi connectivity index (χ4v) is 1.81. The Morgan fingerprint density at radius 3 is 2.48 bits per heavy atom. The van der Waals surface area contributed by atoms with E-state index in [0.717, 1.165) is 5.56 Å². The highest BCUT2D eigenvalue weighted by Gasteiger charge is 2.22. The highest BCUT2D eigenvalue weighted by atomic mass is 79.9. The van der Waals surface area contributed by atoms with Crippen molar-refractivity contribution in [2.24, 2.45) is 0 Å². The van der Waals surface area contributed by atoms with Gasteiger partial charge in [0.2, 0.25) is 0 Å². The summed E-state index contributed by atoms with van der Waals surface area (Å²) in [5.41, 5.74) is 0.785. The molecule has 0 aliphatic rings. The second-order valence-electron chi connectivity index (χ2n) is 4.55. The summed E-state index contributed by atoms with van der Waals surface area (Å²) >= 11 is 3.11. The Kier molecular flexibility index (Phi) is 8.74. The SMILES string of the molecule is O=C(CC[C@H](NC(=O)OCc1ccccc1)C(=O)O)OCCBr. The summed E-state index contributed by atoms with van der Waals surface area (Å²) < 4.78 is 9.75. The van der Waals surface area contributed by atoms with Gasteiger partial charge in [0.1, 0.15) is 19.3 Å². The van der Waals surface area contributed by atoms with Crippen molar-refractivity contribution in [2.45, 2.75) is 25.5 Å². The molecule has 0 saturated heterocycles. The van der Waals surface area contributed by atoms with Gasteiger partial charge in [0.05, 0.1) is 0 Å². The lowest BCUT2D eigenvalue weighted by atomic mass is 10.1. The van der Waals surface area contributed by atoms with Crippen molar-refractivity contribution < 1.29 is 29.0 Å². The molecular weight excluding hydrogens is 370 g/mol. The number of hydrogen-bond donors (Lipinski definition) is 2. The monoisotopic (exact) mass is 387 g/mol. The van der Waals surface area contributed by atoms with Crippen molar-refractivity contribution in [3.63, 3.8) is 0 Å². The summed E-state index contributed by atoms with van der Waals surface area (Å²) in [6, 6.07) is 7.78. The number of carbonyl (C=O) groups excluding carboxylic acids is 2. The van der Waals surface area contributed by atoms with Gasteiger partial charge in [-0.1, -0.05) is 46.3 Å². The molecule has 0 radical (unpaired) electrons. The fourth-order valence-electron chi connectivity index (χ4n) is 1.65. The molecule has 0 spiro atoms. The number of hydrogen-bond acceptors (Lipinski definition) is 5. The van der Waals surface area contributed by atoms with E-state index in [-0.39, 0.29) is 26.1 Å². The summed E-state index contributed by atoms with van der Waals surface area (Å²) in [5.74, 6) is -1.76. The third-order valence-corrected chi connectivity index (χ3v) is 3.10. The van der Waals surface area contributed by atoms with Crippen molar-refractivity contribution in [2.75, 3.05) is 11.9 Å². The first-order valence-corrected chi connectivity index (χ1v) is 8.06. The molecule has 1 rings (SSSR count). The summed E-state index contributed by atoms with van der Waals surface area (Å²) in [4.78, 5) is 34.1. The van der Waals surface area contributed by atoms with Gasteiger partial charge in [-0.05, 0) is 12.0 Å². The molecule has 0 fully saturated rings. The zero-order chi connectivity index (χ0) is 17.1. The van der Waals surface area contributed by atoms with Crippen molar-refractivity contribution in [1.82, 2.24) is 5.32 Å². The van der Waals surface area contributed by atoms with Crippen LogP contribution in [0.4, 0.5) is 4.79 Å². The summed E-state index contributed by atoms with van der Waals surface area (Å²) in [6.07, 6.45) is -1.03.